The Morgan fingerprint density at radius 1 is 1.05 bits per heavy atom. The lowest BCUT2D eigenvalue weighted by Crippen LogP contribution is -2.22. The van der Waals surface area contributed by atoms with Gasteiger partial charge in [-0.2, -0.15) is 0 Å². The molecule has 6 nitrogen and oxygen atoms in total. The Bertz CT molecular complexity index is 689. The van der Waals surface area contributed by atoms with E-state index in [1.807, 2.05) is 0 Å². The van der Waals surface area contributed by atoms with Crippen LogP contribution in [-0.2, 0) is 0 Å². The highest BCUT2D eigenvalue weighted by molar-refractivity contribution is 6.04. The van der Waals surface area contributed by atoms with E-state index in [0.717, 1.165) is 0 Å². The summed E-state index contributed by atoms with van der Waals surface area (Å²) in [7, 11) is 1.54. The molecule has 0 aliphatic carbocycles. The van der Waals surface area contributed by atoms with Gasteiger partial charge < -0.3 is 15.6 Å². The second-order valence-electron chi connectivity index (χ2n) is 4.02. The third kappa shape index (κ3) is 2.92. The Balaban J connectivity index is 2.15. The minimum atomic E-state index is -0.500. The van der Waals surface area contributed by atoms with Gasteiger partial charge in [-0.25, -0.2) is 0 Å². The van der Waals surface area contributed by atoms with Gasteiger partial charge in [-0.1, -0.05) is 0 Å². The Hall–Kier alpha value is -2.89. The van der Waals surface area contributed by atoms with E-state index in [-0.39, 0.29) is 11.5 Å². The van der Waals surface area contributed by atoms with Gasteiger partial charge in [0.25, 0.3) is 17.4 Å². The smallest absolute Gasteiger partial charge is 0.261 e. The summed E-state index contributed by atoms with van der Waals surface area (Å²) in [6, 6.07) is 9.38. The van der Waals surface area contributed by atoms with Gasteiger partial charge in [0.2, 0.25) is 0 Å². The molecule has 0 atom stereocenters. The van der Waals surface area contributed by atoms with Crippen LogP contribution in [-0.4, -0.2) is 23.8 Å². The number of hydrogen-bond donors (Lipinski definition) is 3. The SMILES string of the molecule is CNC(=O)c1ccc(NC(=O)c2ccc[nH]c2=O)cc1. The van der Waals surface area contributed by atoms with Crippen molar-refractivity contribution in [1.82, 2.24) is 10.3 Å². The van der Waals surface area contributed by atoms with E-state index in [4.69, 9.17) is 0 Å². The summed E-state index contributed by atoms with van der Waals surface area (Å²) in [6.45, 7) is 0. The van der Waals surface area contributed by atoms with E-state index in [1.54, 1.807) is 37.4 Å². The van der Waals surface area contributed by atoms with Crippen molar-refractivity contribution in [2.45, 2.75) is 0 Å². The molecule has 0 unspecified atom stereocenters. The zero-order chi connectivity index (χ0) is 14.5. The number of H-pyrrole nitrogens is 1. The summed E-state index contributed by atoms with van der Waals surface area (Å²) in [5.74, 6) is -0.707. The Labute approximate surface area is 114 Å². The molecule has 0 spiro atoms. The maximum Gasteiger partial charge on any atom is 0.261 e. The van der Waals surface area contributed by atoms with Crippen molar-refractivity contribution in [3.63, 3.8) is 0 Å². The Kier molecular flexibility index (Phi) is 3.95. The second-order valence-corrected chi connectivity index (χ2v) is 4.02. The molecule has 1 heterocycles. The van der Waals surface area contributed by atoms with Crippen molar-refractivity contribution in [3.05, 3.63) is 64.1 Å². The average Bonchev–Trinajstić information content (AvgIpc) is 2.47. The minimum absolute atomic E-state index is 0.0304. The van der Waals surface area contributed by atoms with E-state index in [2.05, 4.69) is 15.6 Å². The fourth-order valence-corrected chi connectivity index (χ4v) is 1.65. The minimum Gasteiger partial charge on any atom is -0.355 e. The summed E-state index contributed by atoms with van der Waals surface area (Å²) in [4.78, 5) is 37.2. The zero-order valence-electron chi connectivity index (χ0n) is 10.8. The van der Waals surface area contributed by atoms with Gasteiger partial charge in [-0.15, -0.1) is 0 Å². The van der Waals surface area contributed by atoms with Crippen molar-refractivity contribution >= 4 is 17.5 Å². The van der Waals surface area contributed by atoms with Crippen molar-refractivity contribution in [3.8, 4) is 0 Å². The third-order valence-electron chi connectivity index (χ3n) is 2.69. The van der Waals surface area contributed by atoms with E-state index < -0.39 is 11.5 Å². The molecular formula is C14H13N3O3. The number of rotatable bonds is 3. The topological polar surface area (TPSA) is 91.1 Å². The number of anilines is 1. The molecule has 6 heteroatoms. The highest BCUT2D eigenvalue weighted by Crippen LogP contribution is 2.10. The monoisotopic (exact) mass is 271 g/mol. The molecule has 3 N–H and O–H groups in total. The molecule has 102 valence electrons. The van der Waals surface area contributed by atoms with Gasteiger partial charge in [-0.05, 0) is 36.4 Å². The summed E-state index contributed by atoms with van der Waals surface area (Å²) in [5.41, 5.74) is 0.573. The zero-order valence-corrected chi connectivity index (χ0v) is 10.8. The third-order valence-corrected chi connectivity index (χ3v) is 2.69. The second kappa shape index (κ2) is 5.83. The lowest BCUT2D eigenvalue weighted by molar-refractivity contribution is 0.0962. The number of nitrogens with one attached hydrogen (secondary N) is 3. The summed E-state index contributed by atoms with van der Waals surface area (Å²) < 4.78 is 0. The fourth-order valence-electron chi connectivity index (χ4n) is 1.65. The molecular weight excluding hydrogens is 258 g/mol. The molecule has 20 heavy (non-hydrogen) atoms. The first-order chi connectivity index (χ1) is 9.61. The number of carbonyl (C=O) groups excluding carboxylic acids is 2. The van der Waals surface area contributed by atoms with Gasteiger partial charge in [0, 0.05) is 24.5 Å². The van der Waals surface area contributed by atoms with Crippen LogP contribution in [0, 0.1) is 0 Å². The predicted octanol–water partition coefficient (Wildman–Crippen LogP) is 0.987. The highest BCUT2D eigenvalue weighted by Gasteiger charge is 2.10. The molecule has 0 radical (unpaired) electrons. The number of aromatic amines is 1. The van der Waals surface area contributed by atoms with Crippen molar-refractivity contribution in [1.29, 1.82) is 0 Å². The molecule has 2 rings (SSSR count). The van der Waals surface area contributed by atoms with Crippen molar-refractivity contribution in [2.75, 3.05) is 12.4 Å². The molecule has 0 bridgehead atoms. The van der Waals surface area contributed by atoms with Crippen LogP contribution in [0.5, 0.6) is 0 Å². The van der Waals surface area contributed by atoms with E-state index >= 15 is 0 Å². The largest absolute Gasteiger partial charge is 0.355 e. The molecule has 0 aliphatic rings. The van der Waals surface area contributed by atoms with Gasteiger partial charge in [0.1, 0.15) is 5.56 Å². The van der Waals surface area contributed by atoms with Crippen LogP contribution >= 0.6 is 0 Å². The quantitative estimate of drug-likeness (QED) is 0.777. The van der Waals surface area contributed by atoms with Crippen LogP contribution < -0.4 is 16.2 Å². The molecule has 1 aromatic carbocycles. The molecule has 2 aromatic rings. The van der Waals surface area contributed by atoms with Crippen LogP contribution in [0.15, 0.2) is 47.4 Å². The number of hydrogen-bond acceptors (Lipinski definition) is 3. The van der Waals surface area contributed by atoms with Gasteiger partial charge >= 0.3 is 0 Å². The average molecular weight is 271 g/mol. The first-order valence-electron chi connectivity index (χ1n) is 5.93. The predicted molar refractivity (Wildman–Crippen MR) is 74.8 cm³/mol. The molecule has 0 fully saturated rings. The Morgan fingerprint density at radius 2 is 1.75 bits per heavy atom. The van der Waals surface area contributed by atoms with Crippen molar-refractivity contribution < 1.29 is 9.59 Å². The molecule has 2 amide bonds. The number of benzene rings is 1. The summed E-state index contributed by atoms with van der Waals surface area (Å²) >= 11 is 0. The lowest BCUT2D eigenvalue weighted by Gasteiger charge is -2.05. The standard InChI is InChI=1S/C14H13N3O3/c1-15-12(18)9-4-6-10(7-5-9)17-14(20)11-3-2-8-16-13(11)19/h2-8H,1H3,(H,15,18)(H,16,19)(H,17,20). The fraction of sp³-hybridized carbons (Fsp3) is 0.0714. The number of pyridine rings is 1. The number of aromatic nitrogens is 1. The van der Waals surface area contributed by atoms with Crippen LogP contribution in [0.25, 0.3) is 0 Å². The maximum atomic E-state index is 11.9. The van der Waals surface area contributed by atoms with E-state index in [1.165, 1.54) is 12.3 Å². The highest BCUT2D eigenvalue weighted by atomic mass is 16.2. The summed E-state index contributed by atoms with van der Waals surface area (Å²) in [6.07, 6.45) is 1.46. The van der Waals surface area contributed by atoms with E-state index in [0.29, 0.717) is 11.3 Å². The lowest BCUT2D eigenvalue weighted by atomic mass is 10.2. The first kappa shape index (κ1) is 13.5. The molecule has 0 saturated carbocycles. The maximum absolute atomic E-state index is 11.9. The molecule has 0 saturated heterocycles. The number of amides is 2. The Morgan fingerprint density at radius 3 is 2.35 bits per heavy atom. The van der Waals surface area contributed by atoms with Crippen LogP contribution in [0.4, 0.5) is 5.69 Å². The normalized spacial score (nSPS) is 9.85. The van der Waals surface area contributed by atoms with E-state index in [9.17, 15) is 14.4 Å². The number of carbonyl (C=O) groups is 2. The van der Waals surface area contributed by atoms with Gasteiger partial charge in [0.15, 0.2) is 0 Å². The van der Waals surface area contributed by atoms with Crippen molar-refractivity contribution in [2.24, 2.45) is 0 Å². The summed E-state index contributed by atoms with van der Waals surface area (Å²) in [5, 5.41) is 5.10. The first-order valence-corrected chi connectivity index (χ1v) is 5.93. The van der Waals surface area contributed by atoms with Gasteiger partial charge in [0.05, 0.1) is 0 Å². The van der Waals surface area contributed by atoms with Gasteiger partial charge in [-0.3, -0.25) is 14.4 Å². The van der Waals surface area contributed by atoms with Crippen LogP contribution in [0.2, 0.25) is 0 Å². The molecule has 1 aromatic heterocycles. The van der Waals surface area contributed by atoms with Crippen LogP contribution in [0.3, 0.4) is 0 Å². The molecule has 0 aliphatic heterocycles. The van der Waals surface area contributed by atoms with Crippen LogP contribution in [0.1, 0.15) is 20.7 Å².